The molecule has 6 nitrogen and oxygen atoms in total. The summed E-state index contributed by atoms with van der Waals surface area (Å²) >= 11 is 6.03. The summed E-state index contributed by atoms with van der Waals surface area (Å²) in [5, 5.41) is 0.593. The Morgan fingerprint density at radius 1 is 1.21 bits per heavy atom. The normalized spacial score (nSPS) is 19.6. The second kappa shape index (κ2) is 6.24. The van der Waals surface area contributed by atoms with Crippen molar-refractivity contribution < 1.29 is 13.9 Å². The van der Waals surface area contributed by atoms with Crippen molar-refractivity contribution in [3.05, 3.63) is 46.9 Å². The second-order valence-electron chi connectivity index (χ2n) is 7.84. The minimum atomic E-state index is -0.286. The third-order valence-corrected chi connectivity index (χ3v) is 5.96. The Balaban J connectivity index is 1.22. The molecule has 1 aromatic heterocycles. The minimum absolute atomic E-state index is 0.00620. The fourth-order valence-electron chi connectivity index (χ4n) is 4.29. The Morgan fingerprint density at radius 3 is 2.75 bits per heavy atom. The van der Waals surface area contributed by atoms with Crippen LogP contribution in [-0.2, 0) is 0 Å². The Hall–Kier alpha value is -2.54. The van der Waals surface area contributed by atoms with Crippen molar-refractivity contribution in [3.8, 4) is 5.75 Å². The van der Waals surface area contributed by atoms with E-state index >= 15 is 0 Å². The SMILES string of the molecule is Cc1nc(N2CC3(CN(C(=O)N4CCOc5cc(Cl)ccc54)C3)C2)ccc1F. The van der Waals surface area contributed by atoms with Gasteiger partial charge in [0.2, 0.25) is 0 Å². The zero-order valence-electron chi connectivity index (χ0n) is 15.5. The van der Waals surface area contributed by atoms with Crippen LogP contribution in [0.2, 0.25) is 5.02 Å². The summed E-state index contributed by atoms with van der Waals surface area (Å²) in [5.41, 5.74) is 1.30. The first-order chi connectivity index (χ1) is 13.4. The van der Waals surface area contributed by atoms with E-state index in [9.17, 15) is 9.18 Å². The van der Waals surface area contributed by atoms with Crippen LogP contribution in [0.5, 0.6) is 5.75 Å². The molecule has 28 heavy (non-hydrogen) atoms. The molecule has 3 aliphatic heterocycles. The van der Waals surface area contributed by atoms with E-state index in [0.717, 1.165) is 37.7 Å². The van der Waals surface area contributed by atoms with Gasteiger partial charge >= 0.3 is 6.03 Å². The summed E-state index contributed by atoms with van der Waals surface area (Å²) in [5.74, 6) is 1.16. The number of aromatic nitrogens is 1. The van der Waals surface area contributed by atoms with Crippen molar-refractivity contribution in [2.24, 2.45) is 5.41 Å². The van der Waals surface area contributed by atoms with E-state index in [4.69, 9.17) is 16.3 Å². The standard InChI is InChI=1S/C20H20ClFN4O2/c1-13-15(22)3-5-18(23-13)24-9-20(10-24)11-25(12-20)19(27)26-6-7-28-17-8-14(21)2-4-16(17)26/h2-5,8H,6-7,9-12H2,1H3. The molecular formula is C20H20ClFN4O2. The predicted octanol–water partition coefficient (Wildman–Crippen LogP) is 3.32. The van der Waals surface area contributed by atoms with Gasteiger partial charge in [-0.2, -0.15) is 0 Å². The van der Waals surface area contributed by atoms with Crippen LogP contribution in [-0.4, -0.2) is 55.2 Å². The van der Waals surface area contributed by atoms with Gasteiger partial charge in [-0.15, -0.1) is 0 Å². The average Bonchev–Trinajstić information content (AvgIpc) is 2.61. The number of halogens is 2. The smallest absolute Gasteiger partial charge is 0.324 e. The first-order valence-electron chi connectivity index (χ1n) is 9.31. The van der Waals surface area contributed by atoms with Crippen molar-refractivity contribution >= 4 is 29.1 Å². The predicted molar refractivity (Wildman–Crippen MR) is 105 cm³/mol. The largest absolute Gasteiger partial charge is 0.489 e. The van der Waals surface area contributed by atoms with Crippen LogP contribution in [0.3, 0.4) is 0 Å². The molecule has 3 aliphatic rings. The van der Waals surface area contributed by atoms with Gasteiger partial charge in [-0.1, -0.05) is 11.6 Å². The molecule has 0 unspecified atom stereocenters. The highest BCUT2D eigenvalue weighted by atomic mass is 35.5. The molecule has 2 fully saturated rings. The number of likely N-dealkylation sites (tertiary alicyclic amines) is 1. The number of nitrogens with zero attached hydrogens (tertiary/aromatic N) is 4. The number of carbonyl (C=O) groups is 1. The van der Waals surface area contributed by atoms with Crippen LogP contribution in [0.4, 0.5) is 20.7 Å². The average molecular weight is 403 g/mol. The highest BCUT2D eigenvalue weighted by Crippen LogP contribution is 2.43. The van der Waals surface area contributed by atoms with Crippen molar-refractivity contribution in [2.45, 2.75) is 6.92 Å². The first-order valence-corrected chi connectivity index (χ1v) is 9.69. The Labute approximate surface area is 167 Å². The number of hydrogen-bond donors (Lipinski definition) is 0. The van der Waals surface area contributed by atoms with Gasteiger partial charge in [-0.25, -0.2) is 14.2 Å². The van der Waals surface area contributed by atoms with Crippen molar-refractivity contribution in [1.82, 2.24) is 9.88 Å². The van der Waals surface area contributed by atoms with Gasteiger partial charge in [0, 0.05) is 42.7 Å². The van der Waals surface area contributed by atoms with Crippen LogP contribution < -0.4 is 14.5 Å². The first kappa shape index (κ1) is 17.6. The molecule has 0 atom stereocenters. The van der Waals surface area contributed by atoms with Crippen molar-refractivity contribution in [3.63, 3.8) is 0 Å². The van der Waals surface area contributed by atoms with Gasteiger partial charge in [0.25, 0.3) is 0 Å². The molecule has 0 aliphatic carbocycles. The molecule has 4 heterocycles. The number of benzene rings is 1. The van der Waals surface area contributed by atoms with Crippen LogP contribution in [0.15, 0.2) is 30.3 Å². The number of rotatable bonds is 1. The molecule has 0 saturated carbocycles. The van der Waals surface area contributed by atoms with E-state index in [1.54, 1.807) is 30.0 Å². The molecule has 0 radical (unpaired) electrons. The van der Waals surface area contributed by atoms with Gasteiger partial charge < -0.3 is 14.5 Å². The highest BCUT2D eigenvalue weighted by Gasteiger charge is 2.54. The summed E-state index contributed by atoms with van der Waals surface area (Å²) in [4.78, 5) is 23.1. The number of ether oxygens (including phenoxy) is 1. The summed E-state index contributed by atoms with van der Waals surface area (Å²) < 4.78 is 19.0. The summed E-state index contributed by atoms with van der Waals surface area (Å²) in [6.07, 6.45) is 0. The fourth-order valence-corrected chi connectivity index (χ4v) is 4.46. The number of carbonyl (C=O) groups excluding carboxylic acids is 1. The van der Waals surface area contributed by atoms with Gasteiger partial charge in [0.15, 0.2) is 0 Å². The lowest BCUT2D eigenvalue weighted by Gasteiger charge is -2.60. The van der Waals surface area contributed by atoms with Gasteiger partial charge in [-0.3, -0.25) is 4.90 Å². The van der Waals surface area contributed by atoms with Gasteiger partial charge in [0.1, 0.15) is 24.0 Å². The van der Waals surface area contributed by atoms with Crippen LogP contribution >= 0.6 is 11.6 Å². The highest BCUT2D eigenvalue weighted by molar-refractivity contribution is 6.30. The lowest BCUT2D eigenvalue weighted by Crippen LogP contribution is -2.74. The van der Waals surface area contributed by atoms with Crippen molar-refractivity contribution in [1.29, 1.82) is 0 Å². The molecule has 0 N–H and O–H groups in total. The number of urea groups is 1. The maximum atomic E-state index is 13.4. The molecule has 0 bridgehead atoms. The molecule has 2 saturated heterocycles. The Morgan fingerprint density at radius 2 is 2.00 bits per heavy atom. The number of anilines is 2. The molecule has 1 spiro atoms. The lowest BCUT2D eigenvalue weighted by atomic mass is 9.73. The quantitative estimate of drug-likeness (QED) is 0.734. The topological polar surface area (TPSA) is 48.9 Å². The number of aryl methyl sites for hydroxylation is 1. The Kier molecular flexibility index (Phi) is 3.91. The van der Waals surface area contributed by atoms with Gasteiger partial charge in [0.05, 0.1) is 17.9 Å². The molecular weight excluding hydrogens is 383 g/mol. The second-order valence-corrected chi connectivity index (χ2v) is 8.28. The van der Waals surface area contributed by atoms with E-state index in [1.165, 1.54) is 6.07 Å². The fraction of sp³-hybridized carbons (Fsp3) is 0.400. The summed E-state index contributed by atoms with van der Waals surface area (Å²) in [7, 11) is 0. The number of fused-ring (bicyclic) bond motifs is 1. The van der Waals surface area contributed by atoms with Crippen LogP contribution in [0.1, 0.15) is 5.69 Å². The summed E-state index contributed by atoms with van der Waals surface area (Å²) in [6.45, 7) is 5.79. The molecule has 1 aromatic carbocycles. The zero-order valence-corrected chi connectivity index (χ0v) is 16.2. The molecule has 5 rings (SSSR count). The Bertz CT molecular complexity index is 955. The third kappa shape index (κ3) is 2.76. The number of amides is 2. The monoisotopic (exact) mass is 402 g/mol. The number of hydrogen-bond acceptors (Lipinski definition) is 4. The van der Waals surface area contributed by atoms with E-state index in [2.05, 4.69) is 9.88 Å². The summed E-state index contributed by atoms with van der Waals surface area (Å²) in [6, 6.07) is 8.53. The van der Waals surface area contributed by atoms with Crippen LogP contribution in [0, 0.1) is 18.2 Å². The molecule has 146 valence electrons. The van der Waals surface area contributed by atoms with Crippen molar-refractivity contribution in [2.75, 3.05) is 49.1 Å². The lowest BCUT2D eigenvalue weighted by molar-refractivity contribution is 0.00926. The van der Waals surface area contributed by atoms with E-state index in [0.29, 0.717) is 29.6 Å². The maximum Gasteiger partial charge on any atom is 0.324 e. The maximum absolute atomic E-state index is 13.4. The number of pyridine rings is 1. The molecule has 8 heteroatoms. The minimum Gasteiger partial charge on any atom is -0.489 e. The van der Waals surface area contributed by atoms with E-state index < -0.39 is 0 Å². The zero-order chi connectivity index (χ0) is 19.5. The third-order valence-electron chi connectivity index (χ3n) is 5.72. The van der Waals surface area contributed by atoms with Crippen LogP contribution in [0.25, 0.3) is 0 Å². The molecule has 2 amide bonds. The van der Waals surface area contributed by atoms with E-state index in [1.807, 2.05) is 11.0 Å². The molecule has 2 aromatic rings. The van der Waals surface area contributed by atoms with E-state index in [-0.39, 0.29) is 17.3 Å². The van der Waals surface area contributed by atoms with Gasteiger partial charge in [-0.05, 0) is 31.2 Å².